The van der Waals surface area contributed by atoms with Gasteiger partial charge in [0.2, 0.25) is 11.8 Å². The van der Waals surface area contributed by atoms with Crippen molar-refractivity contribution in [1.82, 2.24) is 0 Å². The highest BCUT2D eigenvalue weighted by atomic mass is 16.5. The van der Waals surface area contributed by atoms with Gasteiger partial charge in [-0.1, -0.05) is 80.4 Å². The van der Waals surface area contributed by atoms with Gasteiger partial charge in [0.15, 0.2) is 0 Å². The van der Waals surface area contributed by atoms with Crippen molar-refractivity contribution in [3.8, 4) is 0 Å². The number of imide groups is 1. The first-order valence-electron chi connectivity index (χ1n) is 12.4. The summed E-state index contributed by atoms with van der Waals surface area (Å²) in [7, 11) is 0. The Morgan fingerprint density at radius 2 is 1.23 bits per heavy atom. The van der Waals surface area contributed by atoms with Gasteiger partial charge in [0, 0.05) is 11.8 Å². The van der Waals surface area contributed by atoms with E-state index in [1.54, 1.807) is 24.3 Å². The van der Waals surface area contributed by atoms with Gasteiger partial charge in [-0.05, 0) is 40.8 Å². The molecule has 0 saturated carbocycles. The molecule has 2 bridgehead atoms. The summed E-state index contributed by atoms with van der Waals surface area (Å²) in [6, 6.07) is 23.1. The minimum Gasteiger partial charge on any atom is -0.462 e. The molecule has 3 aromatic carbocycles. The van der Waals surface area contributed by atoms with Crippen molar-refractivity contribution in [2.24, 2.45) is 11.8 Å². The molecule has 1 saturated heterocycles. The number of unbranched alkanes of at least 4 members (excludes halogenated alkanes) is 2. The van der Waals surface area contributed by atoms with Crippen molar-refractivity contribution < 1.29 is 19.1 Å². The Bertz CT molecular complexity index is 1230. The van der Waals surface area contributed by atoms with Gasteiger partial charge in [0.1, 0.15) is 0 Å². The number of benzene rings is 3. The zero-order chi connectivity index (χ0) is 24.1. The average Bonchev–Trinajstić information content (AvgIpc) is 3.16. The molecule has 0 N–H and O–H groups in total. The lowest BCUT2D eigenvalue weighted by molar-refractivity contribution is -0.122. The van der Waals surface area contributed by atoms with Crippen molar-refractivity contribution in [1.29, 1.82) is 0 Å². The smallest absolute Gasteiger partial charge is 0.340 e. The summed E-state index contributed by atoms with van der Waals surface area (Å²) in [6.07, 6.45) is 2.79. The third-order valence-electron chi connectivity index (χ3n) is 7.79. The summed E-state index contributed by atoms with van der Waals surface area (Å²) < 4.78 is 5.49. The summed E-state index contributed by atoms with van der Waals surface area (Å²) >= 11 is 0. The van der Waals surface area contributed by atoms with Crippen molar-refractivity contribution in [3.63, 3.8) is 0 Å². The molecule has 1 fully saturated rings. The molecule has 0 spiro atoms. The fraction of sp³-hybridized carbons (Fsp3) is 0.300. The molecular formula is C30H27NO4. The minimum atomic E-state index is -0.498. The van der Waals surface area contributed by atoms with Crippen molar-refractivity contribution in [3.05, 3.63) is 101 Å². The molecule has 2 amide bonds. The summed E-state index contributed by atoms with van der Waals surface area (Å²) in [6.45, 7) is 2.41. The van der Waals surface area contributed by atoms with Crippen LogP contribution in [0, 0.1) is 11.8 Å². The van der Waals surface area contributed by atoms with E-state index in [0.717, 1.165) is 41.5 Å². The SMILES string of the molecule is CCCCCOC(=O)c1ccccc1N1C(=O)[C@@H]2C3c4ccccc4C(c4ccccc43)[C@@H]2C1=O. The predicted molar refractivity (Wildman–Crippen MR) is 132 cm³/mol. The van der Waals surface area contributed by atoms with Gasteiger partial charge in [-0.2, -0.15) is 0 Å². The molecule has 35 heavy (non-hydrogen) atoms. The number of rotatable bonds is 6. The fourth-order valence-electron chi connectivity index (χ4n) is 6.35. The van der Waals surface area contributed by atoms with E-state index in [0.29, 0.717) is 12.3 Å². The van der Waals surface area contributed by atoms with Gasteiger partial charge >= 0.3 is 5.97 Å². The second kappa shape index (κ2) is 8.49. The maximum Gasteiger partial charge on any atom is 0.340 e. The van der Waals surface area contributed by atoms with E-state index in [1.165, 1.54) is 4.90 Å². The van der Waals surface area contributed by atoms with Crippen molar-refractivity contribution >= 4 is 23.5 Å². The molecule has 1 aliphatic heterocycles. The number of carbonyl (C=O) groups excluding carboxylic acids is 3. The van der Waals surface area contributed by atoms with Crippen LogP contribution in [-0.4, -0.2) is 24.4 Å². The summed E-state index contributed by atoms with van der Waals surface area (Å²) in [4.78, 5) is 42.2. The summed E-state index contributed by atoms with van der Waals surface area (Å²) in [5, 5.41) is 0. The normalized spacial score (nSPS) is 23.6. The van der Waals surface area contributed by atoms with Gasteiger partial charge in [-0.25, -0.2) is 9.69 Å². The van der Waals surface area contributed by atoms with Crippen molar-refractivity contribution in [2.75, 3.05) is 11.5 Å². The molecule has 0 unspecified atom stereocenters. The van der Waals surface area contributed by atoms with Crippen LogP contribution in [0.3, 0.4) is 0 Å². The lowest BCUT2D eigenvalue weighted by Gasteiger charge is -2.45. The van der Waals surface area contributed by atoms with E-state index >= 15 is 0 Å². The van der Waals surface area contributed by atoms with Crippen LogP contribution in [0.5, 0.6) is 0 Å². The van der Waals surface area contributed by atoms with Crippen LogP contribution in [0.2, 0.25) is 0 Å². The summed E-state index contributed by atoms with van der Waals surface area (Å²) in [5.74, 6) is -2.27. The van der Waals surface area contributed by atoms with E-state index in [4.69, 9.17) is 4.74 Å². The first kappa shape index (κ1) is 21.8. The van der Waals surface area contributed by atoms with Crippen LogP contribution >= 0.6 is 0 Å². The highest BCUT2D eigenvalue weighted by Gasteiger charge is 2.62. The first-order valence-corrected chi connectivity index (χ1v) is 12.4. The number of esters is 1. The molecule has 0 radical (unpaired) electrons. The van der Waals surface area contributed by atoms with Crippen LogP contribution in [-0.2, 0) is 14.3 Å². The number of ether oxygens (including phenoxy) is 1. The van der Waals surface area contributed by atoms with E-state index in [2.05, 4.69) is 31.2 Å². The zero-order valence-electron chi connectivity index (χ0n) is 19.6. The quantitative estimate of drug-likeness (QED) is 0.277. The third kappa shape index (κ3) is 3.18. The Morgan fingerprint density at radius 1 is 0.743 bits per heavy atom. The zero-order valence-corrected chi connectivity index (χ0v) is 19.6. The minimum absolute atomic E-state index is 0.174. The average molecular weight is 466 g/mol. The first-order chi connectivity index (χ1) is 17.1. The standard InChI is InChI=1S/C30H27NO4/c1-2-3-10-17-35-30(34)22-15-8-9-16-23(22)31-28(32)26-24-18-11-4-5-12-19(18)25(27(26)29(31)33)21-14-7-6-13-20(21)24/h4-9,11-16,24-27H,2-3,10,17H2,1H3/t24?,25?,26-,27+. The monoisotopic (exact) mass is 465 g/mol. The number of anilines is 1. The van der Waals surface area contributed by atoms with Gasteiger partial charge in [0.25, 0.3) is 0 Å². The molecule has 5 nitrogen and oxygen atoms in total. The lowest BCUT2D eigenvalue weighted by Crippen LogP contribution is -2.41. The number of hydrogen-bond acceptors (Lipinski definition) is 4. The number of hydrogen-bond donors (Lipinski definition) is 0. The van der Waals surface area contributed by atoms with Gasteiger partial charge in [-0.15, -0.1) is 0 Å². The number of amides is 2. The number of nitrogens with zero attached hydrogens (tertiary/aromatic N) is 1. The lowest BCUT2D eigenvalue weighted by atomic mass is 9.55. The molecule has 1 heterocycles. The second-order valence-electron chi connectivity index (χ2n) is 9.64. The Kier molecular flexibility index (Phi) is 5.28. The highest BCUT2D eigenvalue weighted by molar-refractivity contribution is 6.25. The topological polar surface area (TPSA) is 63.7 Å². The Hall–Kier alpha value is -3.73. The van der Waals surface area contributed by atoms with Gasteiger partial charge in [-0.3, -0.25) is 9.59 Å². The molecule has 5 heteroatoms. The Balaban J connectivity index is 1.41. The molecule has 7 rings (SSSR count). The molecule has 4 aliphatic rings. The maximum atomic E-state index is 14.0. The van der Waals surface area contributed by atoms with E-state index in [-0.39, 0.29) is 29.2 Å². The van der Waals surface area contributed by atoms with E-state index < -0.39 is 17.8 Å². The number of para-hydroxylation sites is 1. The maximum absolute atomic E-state index is 14.0. The van der Waals surface area contributed by atoms with Crippen LogP contribution in [0.4, 0.5) is 5.69 Å². The number of carbonyl (C=O) groups is 3. The van der Waals surface area contributed by atoms with Gasteiger partial charge < -0.3 is 4.74 Å². The summed E-state index contributed by atoms with van der Waals surface area (Å²) in [5.41, 5.74) is 5.10. The molecule has 2 atom stereocenters. The molecule has 3 aromatic rings. The largest absolute Gasteiger partial charge is 0.462 e. The molecular weight excluding hydrogens is 438 g/mol. The molecule has 3 aliphatic carbocycles. The Morgan fingerprint density at radius 3 is 1.74 bits per heavy atom. The van der Waals surface area contributed by atoms with Gasteiger partial charge in [0.05, 0.1) is 29.7 Å². The van der Waals surface area contributed by atoms with Crippen molar-refractivity contribution in [2.45, 2.75) is 38.0 Å². The Labute approximate surface area is 204 Å². The fourth-order valence-corrected chi connectivity index (χ4v) is 6.35. The second-order valence-corrected chi connectivity index (χ2v) is 9.64. The third-order valence-corrected chi connectivity index (χ3v) is 7.79. The molecule has 0 aromatic heterocycles. The van der Waals surface area contributed by atoms with Crippen LogP contribution in [0.1, 0.15) is 70.6 Å². The molecule has 176 valence electrons. The van der Waals surface area contributed by atoms with Crippen LogP contribution in [0.25, 0.3) is 0 Å². The van der Waals surface area contributed by atoms with E-state index in [1.807, 2.05) is 24.3 Å². The van der Waals surface area contributed by atoms with Crippen LogP contribution < -0.4 is 4.90 Å². The van der Waals surface area contributed by atoms with E-state index in [9.17, 15) is 14.4 Å². The predicted octanol–water partition coefficient (Wildman–Crippen LogP) is 5.43. The highest BCUT2D eigenvalue weighted by Crippen LogP contribution is 2.61. The van der Waals surface area contributed by atoms with Crippen LogP contribution in [0.15, 0.2) is 72.8 Å².